The van der Waals surface area contributed by atoms with Crippen LogP contribution in [-0.4, -0.2) is 71.2 Å². The SMILES string of the molecule is C=CCOc1ccc(/C=C(\C)C(=O)N[C@@H]2[C@H](O)[C@@H](O)[C@H]3OCO[C@H]3[C@@H]2O)c(Cl)c1. The second-order valence-electron chi connectivity index (χ2n) is 6.96. The molecule has 0 bridgehead atoms. The number of ether oxygens (including phenoxy) is 3. The molecule has 158 valence electrons. The average molecular weight is 426 g/mol. The lowest BCUT2D eigenvalue weighted by atomic mass is 9.83. The molecule has 1 aromatic carbocycles. The molecule has 29 heavy (non-hydrogen) atoms. The van der Waals surface area contributed by atoms with E-state index in [-0.39, 0.29) is 6.79 Å². The van der Waals surface area contributed by atoms with Crippen molar-refractivity contribution in [1.29, 1.82) is 0 Å². The molecule has 2 fully saturated rings. The Morgan fingerprint density at radius 3 is 2.62 bits per heavy atom. The van der Waals surface area contributed by atoms with E-state index in [0.29, 0.717) is 28.5 Å². The lowest BCUT2D eigenvalue weighted by Gasteiger charge is -2.41. The lowest BCUT2D eigenvalue weighted by molar-refractivity contribution is -0.155. The predicted molar refractivity (Wildman–Crippen MR) is 105 cm³/mol. The Bertz CT molecular complexity index is 799. The molecule has 8 nitrogen and oxygen atoms in total. The highest BCUT2D eigenvalue weighted by Crippen LogP contribution is 2.30. The Labute approximate surface area is 173 Å². The van der Waals surface area contributed by atoms with Gasteiger partial charge >= 0.3 is 0 Å². The van der Waals surface area contributed by atoms with Crippen LogP contribution in [0.25, 0.3) is 6.08 Å². The summed E-state index contributed by atoms with van der Waals surface area (Å²) in [6.45, 7) is 5.40. The zero-order chi connectivity index (χ0) is 21.1. The van der Waals surface area contributed by atoms with Gasteiger partial charge in [0.05, 0.1) is 11.1 Å². The summed E-state index contributed by atoms with van der Waals surface area (Å²) < 4.78 is 15.9. The highest BCUT2D eigenvalue weighted by Gasteiger charge is 2.53. The summed E-state index contributed by atoms with van der Waals surface area (Å²) >= 11 is 6.25. The number of carbonyl (C=O) groups excluding carboxylic acids is 1. The van der Waals surface area contributed by atoms with Crippen LogP contribution in [0.15, 0.2) is 36.4 Å². The number of carbonyl (C=O) groups is 1. The van der Waals surface area contributed by atoms with Crippen molar-refractivity contribution in [2.45, 2.75) is 43.5 Å². The fraction of sp³-hybridized carbons (Fsp3) is 0.450. The van der Waals surface area contributed by atoms with Crippen molar-refractivity contribution in [2.24, 2.45) is 0 Å². The van der Waals surface area contributed by atoms with E-state index >= 15 is 0 Å². The van der Waals surface area contributed by atoms with Crippen LogP contribution in [0.1, 0.15) is 12.5 Å². The zero-order valence-electron chi connectivity index (χ0n) is 15.8. The number of halogens is 1. The Hall–Kier alpha value is -1.94. The van der Waals surface area contributed by atoms with Crippen molar-refractivity contribution in [1.82, 2.24) is 5.32 Å². The van der Waals surface area contributed by atoms with Crippen LogP contribution < -0.4 is 10.1 Å². The third kappa shape index (κ3) is 4.63. The quantitative estimate of drug-likeness (QED) is 0.390. The van der Waals surface area contributed by atoms with Gasteiger partial charge in [-0.25, -0.2) is 0 Å². The van der Waals surface area contributed by atoms with Crippen LogP contribution >= 0.6 is 11.6 Å². The maximum absolute atomic E-state index is 12.6. The third-order valence-corrected chi connectivity index (χ3v) is 5.30. The predicted octanol–water partition coefficient (Wildman–Crippen LogP) is 0.631. The molecule has 1 saturated carbocycles. The smallest absolute Gasteiger partial charge is 0.247 e. The average Bonchev–Trinajstić information content (AvgIpc) is 3.19. The van der Waals surface area contributed by atoms with E-state index in [1.807, 2.05) is 0 Å². The summed E-state index contributed by atoms with van der Waals surface area (Å²) in [4.78, 5) is 12.6. The minimum absolute atomic E-state index is 0.0964. The van der Waals surface area contributed by atoms with Crippen molar-refractivity contribution in [3.63, 3.8) is 0 Å². The molecule has 0 unspecified atom stereocenters. The van der Waals surface area contributed by atoms with E-state index in [2.05, 4.69) is 11.9 Å². The van der Waals surface area contributed by atoms with Gasteiger partial charge in [-0.15, -0.1) is 0 Å². The summed E-state index contributed by atoms with van der Waals surface area (Å²) in [6.07, 6.45) is -2.42. The molecule has 2 aliphatic rings. The van der Waals surface area contributed by atoms with Crippen molar-refractivity contribution in [3.8, 4) is 5.75 Å². The van der Waals surface area contributed by atoms with Gasteiger partial charge in [-0.05, 0) is 36.8 Å². The normalized spacial score (nSPS) is 31.8. The van der Waals surface area contributed by atoms with Gasteiger partial charge < -0.3 is 34.8 Å². The minimum atomic E-state index is -1.41. The van der Waals surface area contributed by atoms with Crippen molar-refractivity contribution < 1.29 is 34.3 Å². The standard InChI is InChI=1S/C20H24ClNO7/c1-3-6-27-12-5-4-11(13(21)8-12)7-10(2)20(26)22-14-15(23)17(25)19-18(16(14)24)28-9-29-19/h3-5,7-8,14-19,23-25H,1,6,9H2,2H3,(H,22,26)/b10-7+/t14-,15+,16-,17-,18+,19-/m1/s1. The number of amides is 1. The van der Waals surface area contributed by atoms with Gasteiger partial charge in [0.1, 0.15) is 49.7 Å². The Morgan fingerprint density at radius 1 is 1.28 bits per heavy atom. The number of benzene rings is 1. The van der Waals surface area contributed by atoms with Crippen molar-refractivity contribution >= 4 is 23.6 Å². The van der Waals surface area contributed by atoms with Crippen molar-refractivity contribution in [2.75, 3.05) is 13.4 Å². The molecule has 1 saturated heterocycles. The molecule has 1 aromatic rings. The summed E-state index contributed by atoms with van der Waals surface area (Å²) in [6, 6.07) is 3.94. The molecule has 1 amide bonds. The van der Waals surface area contributed by atoms with Crippen LogP contribution in [0.2, 0.25) is 5.02 Å². The van der Waals surface area contributed by atoms with Crippen LogP contribution in [0.4, 0.5) is 0 Å². The maximum Gasteiger partial charge on any atom is 0.247 e. The molecule has 1 aliphatic heterocycles. The fourth-order valence-corrected chi connectivity index (χ4v) is 3.61. The first kappa shape index (κ1) is 21.8. The second-order valence-corrected chi connectivity index (χ2v) is 7.37. The summed E-state index contributed by atoms with van der Waals surface area (Å²) in [5.41, 5.74) is 0.897. The summed E-state index contributed by atoms with van der Waals surface area (Å²) in [7, 11) is 0. The molecule has 3 rings (SSSR count). The molecule has 0 spiro atoms. The molecule has 0 aromatic heterocycles. The number of nitrogens with one attached hydrogen (secondary N) is 1. The van der Waals surface area contributed by atoms with E-state index in [9.17, 15) is 20.1 Å². The van der Waals surface area contributed by atoms with Gasteiger partial charge in [-0.3, -0.25) is 4.79 Å². The number of aliphatic hydroxyl groups is 3. The number of aliphatic hydroxyl groups excluding tert-OH is 3. The first-order valence-corrected chi connectivity index (χ1v) is 9.51. The van der Waals surface area contributed by atoms with Crippen LogP contribution in [0.5, 0.6) is 5.75 Å². The molecule has 0 radical (unpaired) electrons. The maximum atomic E-state index is 12.6. The van der Waals surface area contributed by atoms with Crippen LogP contribution in [0, 0.1) is 0 Å². The van der Waals surface area contributed by atoms with Gasteiger partial charge in [-0.2, -0.15) is 0 Å². The van der Waals surface area contributed by atoms with Gasteiger partial charge in [0.15, 0.2) is 0 Å². The van der Waals surface area contributed by atoms with E-state index < -0.39 is 42.5 Å². The monoisotopic (exact) mass is 425 g/mol. The summed E-state index contributed by atoms with van der Waals surface area (Å²) in [5, 5.41) is 33.9. The second kappa shape index (κ2) is 9.25. The number of hydrogen-bond donors (Lipinski definition) is 4. The zero-order valence-corrected chi connectivity index (χ0v) is 16.6. The fourth-order valence-electron chi connectivity index (χ4n) is 3.39. The van der Waals surface area contributed by atoms with Gasteiger partial charge in [0.2, 0.25) is 5.91 Å². The lowest BCUT2D eigenvalue weighted by Crippen LogP contribution is -2.67. The van der Waals surface area contributed by atoms with E-state index in [0.717, 1.165) is 0 Å². The Kier molecular flexibility index (Phi) is 6.94. The van der Waals surface area contributed by atoms with Gasteiger partial charge in [0, 0.05) is 5.57 Å². The van der Waals surface area contributed by atoms with Crippen molar-refractivity contribution in [3.05, 3.63) is 47.0 Å². The largest absolute Gasteiger partial charge is 0.490 e. The first-order valence-electron chi connectivity index (χ1n) is 9.13. The van der Waals surface area contributed by atoms with Gasteiger partial charge in [-0.1, -0.05) is 24.3 Å². The molecular weight excluding hydrogens is 402 g/mol. The van der Waals surface area contributed by atoms with E-state index in [1.165, 1.54) is 0 Å². The van der Waals surface area contributed by atoms with Gasteiger partial charge in [0.25, 0.3) is 0 Å². The number of fused-ring (bicyclic) bond motifs is 1. The number of rotatable bonds is 6. The molecule has 1 aliphatic carbocycles. The molecule has 1 heterocycles. The Morgan fingerprint density at radius 2 is 1.97 bits per heavy atom. The number of hydrogen-bond acceptors (Lipinski definition) is 7. The highest BCUT2D eigenvalue weighted by atomic mass is 35.5. The minimum Gasteiger partial charge on any atom is -0.490 e. The third-order valence-electron chi connectivity index (χ3n) is 4.97. The highest BCUT2D eigenvalue weighted by molar-refractivity contribution is 6.32. The summed E-state index contributed by atoms with van der Waals surface area (Å²) in [5.74, 6) is 0.0469. The molecule has 4 N–H and O–H groups in total. The van der Waals surface area contributed by atoms with Crippen LogP contribution in [0.3, 0.4) is 0 Å². The van der Waals surface area contributed by atoms with E-state index in [4.69, 9.17) is 25.8 Å². The van der Waals surface area contributed by atoms with Crippen LogP contribution in [-0.2, 0) is 14.3 Å². The topological polar surface area (TPSA) is 117 Å². The molecular formula is C20H24ClNO7. The van der Waals surface area contributed by atoms with E-state index in [1.54, 1.807) is 37.3 Å². The first-order chi connectivity index (χ1) is 13.8. The Balaban J connectivity index is 1.70. The molecule has 6 atom stereocenters. The molecule has 9 heteroatoms.